The van der Waals surface area contributed by atoms with Crippen molar-refractivity contribution in [1.29, 1.82) is 0 Å². The lowest BCUT2D eigenvalue weighted by Crippen LogP contribution is -2.18. The van der Waals surface area contributed by atoms with Gasteiger partial charge in [-0.15, -0.1) is 11.3 Å². The normalized spacial score (nSPS) is 23.7. The maximum Gasteiger partial charge on any atom is 0.306 e. The van der Waals surface area contributed by atoms with Gasteiger partial charge in [-0.3, -0.25) is 4.79 Å². The SMILES string of the molecule is O=C1CC(c2cccs2)CCO1. The van der Waals surface area contributed by atoms with Gasteiger partial charge in [0.2, 0.25) is 0 Å². The van der Waals surface area contributed by atoms with E-state index in [1.54, 1.807) is 11.3 Å². The van der Waals surface area contributed by atoms with E-state index in [4.69, 9.17) is 4.74 Å². The van der Waals surface area contributed by atoms with E-state index in [-0.39, 0.29) is 5.97 Å². The van der Waals surface area contributed by atoms with Gasteiger partial charge in [0, 0.05) is 10.8 Å². The summed E-state index contributed by atoms with van der Waals surface area (Å²) < 4.78 is 4.87. The van der Waals surface area contributed by atoms with Gasteiger partial charge in [0.05, 0.1) is 13.0 Å². The first-order chi connectivity index (χ1) is 5.86. The first kappa shape index (κ1) is 7.80. The first-order valence-electron chi connectivity index (χ1n) is 4.05. The molecule has 0 N–H and O–H groups in total. The van der Waals surface area contributed by atoms with Gasteiger partial charge in [-0.1, -0.05) is 6.07 Å². The second-order valence-electron chi connectivity index (χ2n) is 2.93. The molecule has 2 nitrogen and oxygen atoms in total. The third kappa shape index (κ3) is 1.50. The largest absolute Gasteiger partial charge is 0.466 e. The van der Waals surface area contributed by atoms with Crippen molar-refractivity contribution in [3.8, 4) is 0 Å². The van der Waals surface area contributed by atoms with Crippen LogP contribution in [0.25, 0.3) is 0 Å². The Hall–Kier alpha value is -0.830. The second-order valence-corrected chi connectivity index (χ2v) is 3.90. The predicted octanol–water partition coefficient (Wildman–Crippen LogP) is 2.17. The molecule has 0 bridgehead atoms. The summed E-state index contributed by atoms with van der Waals surface area (Å²) in [7, 11) is 0. The monoisotopic (exact) mass is 182 g/mol. The summed E-state index contributed by atoms with van der Waals surface area (Å²) in [4.78, 5) is 12.3. The molecule has 1 aromatic heterocycles. The van der Waals surface area contributed by atoms with Crippen LogP contribution >= 0.6 is 11.3 Å². The number of carbonyl (C=O) groups is 1. The third-order valence-corrected chi connectivity index (χ3v) is 3.12. The smallest absolute Gasteiger partial charge is 0.306 e. The Labute approximate surface area is 75.2 Å². The highest BCUT2D eigenvalue weighted by Crippen LogP contribution is 2.30. The molecule has 1 saturated heterocycles. The van der Waals surface area contributed by atoms with Gasteiger partial charge in [0.25, 0.3) is 0 Å². The topological polar surface area (TPSA) is 26.3 Å². The summed E-state index contributed by atoms with van der Waals surface area (Å²) in [6, 6.07) is 4.12. The number of ether oxygens (including phenoxy) is 1. The minimum absolute atomic E-state index is 0.0559. The van der Waals surface area contributed by atoms with Crippen LogP contribution in [0.1, 0.15) is 23.6 Å². The molecule has 1 fully saturated rings. The molecule has 2 rings (SSSR count). The quantitative estimate of drug-likeness (QED) is 0.622. The van der Waals surface area contributed by atoms with E-state index in [1.807, 2.05) is 6.07 Å². The maximum absolute atomic E-state index is 11.0. The number of thiophene rings is 1. The van der Waals surface area contributed by atoms with Gasteiger partial charge in [0.1, 0.15) is 0 Å². The highest BCUT2D eigenvalue weighted by molar-refractivity contribution is 7.10. The minimum Gasteiger partial charge on any atom is -0.466 e. The summed E-state index contributed by atoms with van der Waals surface area (Å²) in [5, 5.41) is 2.05. The molecule has 0 amide bonds. The standard InChI is InChI=1S/C9H10O2S/c10-9-6-7(3-4-11-9)8-2-1-5-12-8/h1-2,5,7H,3-4,6H2. The van der Waals surface area contributed by atoms with Crippen molar-refractivity contribution >= 4 is 17.3 Å². The van der Waals surface area contributed by atoms with Crippen LogP contribution in [0.3, 0.4) is 0 Å². The van der Waals surface area contributed by atoms with E-state index < -0.39 is 0 Å². The summed E-state index contributed by atoms with van der Waals surface area (Å²) in [5.41, 5.74) is 0. The molecule has 0 aromatic carbocycles. The van der Waals surface area contributed by atoms with Crippen LogP contribution in [0.2, 0.25) is 0 Å². The van der Waals surface area contributed by atoms with Crippen molar-refractivity contribution in [1.82, 2.24) is 0 Å². The fraction of sp³-hybridized carbons (Fsp3) is 0.444. The molecule has 1 aliphatic rings. The molecule has 0 saturated carbocycles. The second kappa shape index (κ2) is 3.27. The molecule has 1 atom stereocenters. The van der Waals surface area contributed by atoms with Gasteiger partial charge < -0.3 is 4.74 Å². The summed E-state index contributed by atoms with van der Waals surface area (Å²) >= 11 is 1.72. The van der Waals surface area contributed by atoms with Crippen LogP contribution in [0.5, 0.6) is 0 Å². The Morgan fingerprint density at radius 3 is 3.17 bits per heavy atom. The number of hydrogen-bond acceptors (Lipinski definition) is 3. The Morgan fingerprint density at radius 2 is 2.50 bits per heavy atom. The molecule has 12 heavy (non-hydrogen) atoms. The average Bonchev–Trinajstić information content (AvgIpc) is 2.56. The highest BCUT2D eigenvalue weighted by Gasteiger charge is 2.22. The van der Waals surface area contributed by atoms with Crippen molar-refractivity contribution in [2.45, 2.75) is 18.8 Å². The van der Waals surface area contributed by atoms with E-state index in [0.717, 1.165) is 6.42 Å². The van der Waals surface area contributed by atoms with E-state index in [1.165, 1.54) is 4.88 Å². The Bertz CT molecular complexity index is 266. The van der Waals surface area contributed by atoms with Crippen molar-refractivity contribution in [2.75, 3.05) is 6.61 Å². The third-order valence-electron chi connectivity index (χ3n) is 2.09. The maximum atomic E-state index is 11.0. The predicted molar refractivity (Wildman–Crippen MR) is 47.3 cm³/mol. The van der Waals surface area contributed by atoms with Crippen LogP contribution in [-0.2, 0) is 9.53 Å². The van der Waals surface area contributed by atoms with Gasteiger partial charge in [-0.2, -0.15) is 0 Å². The highest BCUT2D eigenvalue weighted by atomic mass is 32.1. The number of carbonyl (C=O) groups excluding carboxylic acids is 1. The van der Waals surface area contributed by atoms with E-state index >= 15 is 0 Å². The zero-order valence-electron chi connectivity index (χ0n) is 6.66. The van der Waals surface area contributed by atoms with Crippen LogP contribution in [-0.4, -0.2) is 12.6 Å². The summed E-state index contributed by atoms with van der Waals surface area (Å²) in [6.45, 7) is 0.585. The lowest BCUT2D eigenvalue weighted by molar-refractivity contribution is -0.147. The van der Waals surface area contributed by atoms with Gasteiger partial charge in [-0.25, -0.2) is 0 Å². The molecular weight excluding hydrogens is 172 g/mol. The average molecular weight is 182 g/mol. The number of esters is 1. The van der Waals surface area contributed by atoms with Crippen LogP contribution in [0.15, 0.2) is 17.5 Å². The Kier molecular flexibility index (Phi) is 2.13. The van der Waals surface area contributed by atoms with Crippen LogP contribution in [0, 0.1) is 0 Å². The molecule has 0 radical (unpaired) electrons. The lowest BCUT2D eigenvalue weighted by atomic mass is 9.98. The van der Waals surface area contributed by atoms with Crippen molar-refractivity contribution in [2.24, 2.45) is 0 Å². The minimum atomic E-state index is -0.0559. The van der Waals surface area contributed by atoms with Gasteiger partial charge >= 0.3 is 5.97 Å². The molecule has 1 unspecified atom stereocenters. The molecule has 2 heterocycles. The molecule has 64 valence electrons. The lowest BCUT2D eigenvalue weighted by Gasteiger charge is -2.19. The van der Waals surface area contributed by atoms with Crippen LogP contribution in [0.4, 0.5) is 0 Å². The first-order valence-corrected chi connectivity index (χ1v) is 4.93. The summed E-state index contributed by atoms with van der Waals surface area (Å²) in [6.07, 6.45) is 1.53. The van der Waals surface area contributed by atoms with Crippen molar-refractivity contribution in [3.05, 3.63) is 22.4 Å². The fourth-order valence-electron chi connectivity index (χ4n) is 1.44. The molecule has 0 spiro atoms. The Balaban J connectivity index is 2.09. The van der Waals surface area contributed by atoms with Gasteiger partial charge in [0.15, 0.2) is 0 Å². The molecule has 1 aromatic rings. The number of cyclic esters (lactones) is 1. The molecule has 1 aliphatic heterocycles. The van der Waals surface area contributed by atoms with E-state index in [9.17, 15) is 4.79 Å². The fourth-order valence-corrected chi connectivity index (χ4v) is 2.31. The van der Waals surface area contributed by atoms with E-state index in [0.29, 0.717) is 18.9 Å². The van der Waals surface area contributed by atoms with Gasteiger partial charge in [-0.05, 0) is 17.9 Å². The molecular formula is C9H10O2S. The molecule has 3 heteroatoms. The zero-order chi connectivity index (χ0) is 8.39. The molecule has 0 aliphatic carbocycles. The van der Waals surface area contributed by atoms with Crippen molar-refractivity contribution < 1.29 is 9.53 Å². The summed E-state index contributed by atoms with van der Waals surface area (Å²) in [5.74, 6) is 0.353. The Morgan fingerprint density at radius 1 is 1.58 bits per heavy atom. The van der Waals surface area contributed by atoms with Crippen molar-refractivity contribution in [3.63, 3.8) is 0 Å². The zero-order valence-corrected chi connectivity index (χ0v) is 7.47. The number of hydrogen-bond donors (Lipinski definition) is 0. The van der Waals surface area contributed by atoms with E-state index in [2.05, 4.69) is 11.4 Å². The van der Waals surface area contributed by atoms with Crippen LogP contribution < -0.4 is 0 Å². The number of rotatable bonds is 1.